The number of nitrogens with one attached hydrogen (secondary N) is 1. The standard InChI is InChI=1S/C23H15F2N5OS/c1-31-14-7-8-18-15(10-14)22(29-21(27-18)13-4-3-9-26-11-13)30-23-28-19(12-32-23)20-16(24)5-2-6-17(20)25/h2-12H,1H3,(H,27,28,29,30). The molecule has 9 heteroatoms. The fourth-order valence-corrected chi connectivity index (χ4v) is 3.94. The zero-order chi connectivity index (χ0) is 22.1. The minimum Gasteiger partial charge on any atom is -0.497 e. The first kappa shape index (κ1) is 20.0. The van der Waals surface area contributed by atoms with E-state index in [1.165, 1.54) is 29.5 Å². The Morgan fingerprint density at radius 1 is 0.969 bits per heavy atom. The molecule has 0 aliphatic heterocycles. The highest BCUT2D eigenvalue weighted by molar-refractivity contribution is 7.14. The highest BCUT2D eigenvalue weighted by atomic mass is 32.1. The van der Waals surface area contributed by atoms with E-state index in [1.54, 1.807) is 30.9 Å². The summed E-state index contributed by atoms with van der Waals surface area (Å²) in [7, 11) is 1.58. The molecule has 0 saturated heterocycles. The molecule has 0 amide bonds. The molecule has 158 valence electrons. The van der Waals surface area contributed by atoms with Gasteiger partial charge in [-0.15, -0.1) is 11.3 Å². The number of pyridine rings is 1. The summed E-state index contributed by atoms with van der Waals surface area (Å²) in [5.74, 6) is 0.278. The first-order valence-corrected chi connectivity index (χ1v) is 10.4. The molecule has 0 unspecified atom stereocenters. The summed E-state index contributed by atoms with van der Waals surface area (Å²) in [6, 6.07) is 12.9. The van der Waals surface area contributed by atoms with Gasteiger partial charge in [0.25, 0.3) is 0 Å². The van der Waals surface area contributed by atoms with E-state index in [1.807, 2.05) is 24.3 Å². The maximum absolute atomic E-state index is 14.2. The van der Waals surface area contributed by atoms with Crippen LogP contribution in [0.15, 0.2) is 66.3 Å². The van der Waals surface area contributed by atoms with Crippen LogP contribution in [0.25, 0.3) is 33.5 Å². The van der Waals surface area contributed by atoms with E-state index in [0.717, 1.165) is 5.56 Å². The van der Waals surface area contributed by atoms with Crippen molar-refractivity contribution >= 4 is 33.2 Å². The summed E-state index contributed by atoms with van der Waals surface area (Å²) < 4.78 is 33.7. The number of hydrogen-bond donors (Lipinski definition) is 1. The second-order valence-electron chi connectivity index (χ2n) is 6.78. The molecular formula is C23H15F2N5OS. The van der Waals surface area contributed by atoms with Crippen molar-refractivity contribution in [3.8, 4) is 28.4 Å². The van der Waals surface area contributed by atoms with Crippen molar-refractivity contribution in [1.29, 1.82) is 0 Å². The van der Waals surface area contributed by atoms with Crippen LogP contribution in [0, 0.1) is 11.6 Å². The molecule has 0 spiro atoms. The van der Waals surface area contributed by atoms with Crippen LogP contribution in [0.3, 0.4) is 0 Å². The van der Waals surface area contributed by atoms with E-state index < -0.39 is 11.6 Å². The van der Waals surface area contributed by atoms with Crippen LogP contribution in [-0.2, 0) is 0 Å². The second-order valence-corrected chi connectivity index (χ2v) is 7.64. The predicted octanol–water partition coefficient (Wildman–Crippen LogP) is 5.85. The number of anilines is 2. The lowest BCUT2D eigenvalue weighted by molar-refractivity contribution is 0.415. The molecule has 0 bridgehead atoms. The van der Waals surface area contributed by atoms with Crippen LogP contribution in [-0.4, -0.2) is 27.0 Å². The fourth-order valence-electron chi connectivity index (χ4n) is 3.24. The van der Waals surface area contributed by atoms with E-state index in [0.29, 0.717) is 33.4 Å². The number of halogens is 2. The Hall–Kier alpha value is -3.98. The van der Waals surface area contributed by atoms with Crippen molar-refractivity contribution in [2.24, 2.45) is 0 Å². The molecular weight excluding hydrogens is 432 g/mol. The largest absolute Gasteiger partial charge is 0.497 e. The van der Waals surface area contributed by atoms with Gasteiger partial charge in [0.15, 0.2) is 11.0 Å². The van der Waals surface area contributed by atoms with Crippen LogP contribution >= 0.6 is 11.3 Å². The Kier molecular flexibility index (Phi) is 5.16. The van der Waals surface area contributed by atoms with Crippen LogP contribution in [0.2, 0.25) is 0 Å². The molecule has 1 N–H and O–H groups in total. The van der Waals surface area contributed by atoms with Gasteiger partial charge in [0, 0.05) is 28.7 Å². The van der Waals surface area contributed by atoms with Crippen molar-refractivity contribution < 1.29 is 13.5 Å². The minimum atomic E-state index is -0.669. The van der Waals surface area contributed by atoms with Gasteiger partial charge in [0.2, 0.25) is 0 Å². The maximum atomic E-state index is 14.2. The number of methoxy groups -OCH3 is 1. The summed E-state index contributed by atoms with van der Waals surface area (Å²) in [5, 5.41) is 5.91. The van der Waals surface area contributed by atoms with Gasteiger partial charge in [0.1, 0.15) is 23.2 Å². The quantitative estimate of drug-likeness (QED) is 0.365. The average molecular weight is 447 g/mol. The van der Waals surface area contributed by atoms with Crippen molar-refractivity contribution in [1.82, 2.24) is 19.9 Å². The number of thiazole rings is 1. The molecule has 0 atom stereocenters. The van der Waals surface area contributed by atoms with Crippen LogP contribution < -0.4 is 10.1 Å². The van der Waals surface area contributed by atoms with Crippen LogP contribution in [0.4, 0.5) is 19.7 Å². The Morgan fingerprint density at radius 3 is 2.56 bits per heavy atom. The number of benzene rings is 2. The molecule has 0 aliphatic carbocycles. The van der Waals surface area contributed by atoms with Gasteiger partial charge in [-0.3, -0.25) is 4.98 Å². The zero-order valence-electron chi connectivity index (χ0n) is 16.7. The summed E-state index contributed by atoms with van der Waals surface area (Å²) in [4.78, 5) is 17.8. The van der Waals surface area contributed by atoms with E-state index in [2.05, 4.69) is 25.3 Å². The Balaban J connectivity index is 1.60. The highest BCUT2D eigenvalue weighted by Gasteiger charge is 2.16. The number of aromatic nitrogens is 4. The van der Waals surface area contributed by atoms with E-state index in [4.69, 9.17) is 4.74 Å². The molecule has 0 aliphatic rings. The monoisotopic (exact) mass is 447 g/mol. The van der Waals surface area contributed by atoms with Crippen molar-refractivity contribution in [2.45, 2.75) is 0 Å². The van der Waals surface area contributed by atoms with E-state index in [-0.39, 0.29) is 11.3 Å². The summed E-state index contributed by atoms with van der Waals surface area (Å²) in [6.45, 7) is 0. The number of hydrogen-bond acceptors (Lipinski definition) is 7. The van der Waals surface area contributed by atoms with E-state index >= 15 is 0 Å². The molecule has 3 heterocycles. The maximum Gasteiger partial charge on any atom is 0.188 e. The Morgan fingerprint density at radius 2 is 1.81 bits per heavy atom. The van der Waals surface area contributed by atoms with Gasteiger partial charge >= 0.3 is 0 Å². The van der Waals surface area contributed by atoms with Crippen LogP contribution in [0.1, 0.15) is 0 Å². The first-order chi connectivity index (χ1) is 15.6. The molecule has 2 aromatic carbocycles. The second kappa shape index (κ2) is 8.27. The topological polar surface area (TPSA) is 72.8 Å². The predicted molar refractivity (Wildman–Crippen MR) is 120 cm³/mol. The first-order valence-electron chi connectivity index (χ1n) is 9.55. The normalized spacial score (nSPS) is 11.0. The van der Waals surface area contributed by atoms with Crippen molar-refractivity contribution in [3.63, 3.8) is 0 Å². The average Bonchev–Trinajstić information content (AvgIpc) is 3.27. The van der Waals surface area contributed by atoms with Gasteiger partial charge in [0.05, 0.1) is 23.9 Å². The lowest BCUT2D eigenvalue weighted by atomic mass is 10.1. The van der Waals surface area contributed by atoms with Gasteiger partial charge < -0.3 is 10.1 Å². The van der Waals surface area contributed by atoms with Crippen molar-refractivity contribution in [3.05, 3.63) is 77.9 Å². The van der Waals surface area contributed by atoms with Gasteiger partial charge in [-0.2, -0.15) is 0 Å². The lowest BCUT2D eigenvalue weighted by Gasteiger charge is -2.10. The smallest absolute Gasteiger partial charge is 0.188 e. The zero-order valence-corrected chi connectivity index (χ0v) is 17.5. The van der Waals surface area contributed by atoms with E-state index in [9.17, 15) is 8.78 Å². The lowest BCUT2D eigenvalue weighted by Crippen LogP contribution is -2.00. The molecule has 0 fully saturated rings. The molecule has 3 aromatic heterocycles. The van der Waals surface area contributed by atoms with Crippen molar-refractivity contribution in [2.75, 3.05) is 12.4 Å². The SMILES string of the molecule is COc1ccc2nc(-c3cccnc3)nc(Nc3nc(-c4c(F)cccc4F)cs3)c2c1. The molecule has 0 radical (unpaired) electrons. The number of ether oxygens (including phenoxy) is 1. The molecule has 6 nitrogen and oxygen atoms in total. The summed E-state index contributed by atoms with van der Waals surface area (Å²) >= 11 is 1.22. The number of rotatable bonds is 5. The summed E-state index contributed by atoms with van der Waals surface area (Å²) in [6.07, 6.45) is 3.35. The number of nitrogens with zero attached hydrogens (tertiary/aromatic N) is 4. The third-order valence-corrected chi connectivity index (χ3v) is 5.53. The van der Waals surface area contributed by atoms with Crippen LogP contribution in [0.5, 0.6) is 5.75 Å². The molecule has 32 heavy (non-hydrogen) atoms. The molecule has 5 aromatic rings. The Bertz CT molecular complexity index is 1400. The fraction of sp³-hybridized carbons (Fsp3) is 0.0435. The molecule has 0 saturated carbocycles. The van der Waals surface area contributed by atoms with Gasteiger partial charge in [-0.1, -0.05) is 6.07 Å². The summed E-state index contributed by atoms with van der Waals surface area (Å²) in [5.41, 5.74) is 1.49. The third-order valence-electron chi connectivity index (χ3n) is 4.77. The number of fused-ring (bicyclic) bond motifs is 1. The molecule has 5 rings (SSSR count). The highest BCUT2D eigenvalue weighted by Crippen LogP contribution is 2.33. The minimum absolute atomic E-state index is 0.165. The third kappa shape index (κ3) is 3.74. The Labute approximate surface area is 185 Å². The van der Waals surface area contributed by atoms with Gasteiger partial charge in [-0.25, -0.2) is 23.7 Å². The van der Waals surface area contributed by atoms with Gasteiger partial charge in [-0.05, 0) is 42.5 Å².